The van der Waals surface area contributed by atoms with Crippen LogP contribution in [0.3, 0.4) is 0 Å². The number of carbonyl (C=O) groups excluding carboxylic acids is 2. The van der Waals surface area contributed by atoms with Gasteiger partial charge in [-0.2, -0.15) is 0 Å². The largest absolute Gasteiger partial charge is 0.497 e. The van der Waals surface area contributed by atoms with Gasteiger partial charge in [-0.15, -0.1) is 0 Å². The number of ether oxygens (including phenoxy) is 2. The smallest absolute Gasteiger partial charge is 0.265 e. The second-order valence-corrected chi connectivity index (χ2v) is 11.3. The van der Waals surface area contributed by atoms with Gasteiger partial charge in [0.25, 0.3) is 11.8 Å². The summed E-state index contributed by atoms with van der Waals surface area (Å²) in [6, 6.07) is 27.3. The Morgan fingerprint density at radius 2 is 1.69 bits per heavy atom. The molecule has 1 aliphatic rings. The Kier molecular flexibility index (Phi) is 8.98. The summed E-state index contributed by atoms with van der Waals surface area (Å²) < 4.78 is 10.7. The van der Waals surface area contributed by atoms with E-state index in [1.54, 1.807) is 26.4 Å². The molecule has 0 bridgehead atoms. The molecule has 1 N–H and O–H groups in total. The van der Waals surface area contributed by atoms with Crippen LogP contribution in [0.2, 0.25) is 0 Å². The van der Waals surface area contributed by atoms with Crippen LogP contribution in [0.1, 0.15) is 38.2 Å². The van der Waals surface area contributed by atoms with Gasteiger partial charge in [0.15, 0.2) is 0 Å². The van der Waals surface area contributed by atoms with E-state index in [2.05, 4.69) is 37.4 Å². The van der Waals surface area contributed by atoms with Crippen LogP contribution >= 0.6 is 11.8 Å². The molecule has 2 amide bonds. The van der Waals surface area contributed by atoms with Crippen LogP contribution in [-0.4, -0.2) is 32.6 Å². The fourth-order valence-corrected chi connectivity index (χ4v) is 5.99. The van der Waals surface area contributed by atoms with Gasteiger partial charge in [-0.3, -0.25) is 9.59 Å². The number of amides is 2. The number of aryl methyl sites for hydroxylation is 2. The minimum absolute atomic E-state index is 0.0330. The zero-order valence-electron chi connectivity index (χ0n) is 24.3. The number of hydrogen-bond donors (Lipinski definition) is 1. The second-order valence-electron chi connectivity index (χ2n) is 10.2. The predicted molar refractivity (Wildman–Crippen MR) is 169 cm³/mol. The van der Waals surface area contributed by atoms with Crippen LogP contribution in [0.4, 0.5) is 5.69 Å². The van der Waals surface area contributed by atoms with Crippen molar-refractivity contribution in [2.24, 2.45) is 0 Å². The summed E-state index contributed by atoms with van der Waals surface area (Å²) in [7, 11) is 3.25. The Hall–Kier alpha value is -4.49. The Labute approximate surface area is 251 Å². The van der Waals surface area contributed by atoms with Crippen LogP contribution in [0, 0.1) is 13.8 Å². The third-order valence-corrected chi connectivity index (χ3v) is 8.38. The third-order valence-electron chi connectivity index (χ3n) is 7.30. The number of thioether (sulfide) groups is 1. The molecule has 4 aromatic carbocycles. The van der Waals surface area contributed by atoms with E-state index >= 15 is 0 Å². The van der Waals surface area contributed by atoms with Crippen molar-refractivity contribution < 1.29 is 19.1 Å². The third kappa shape index (κ3) is 6.52. The first-order valence-corrected chi connectivity index (χ1v) is 14.6. The first-order valence-electron chi connectivity index (χ1n) is 13.8. The molecule has 4 aromatic rings. The number of fused-ring (bicyclic) bond motifs is 1. The number of methoxy groups -OCH3 is 2. The van der Waals surface area contributed by atoms with E-state index in [-0.39, 0.29) is 11.8 Å². The molecule has 0 saturated heterocycles. The molecule has 214 valence electrons. The Morgan fingerprint density at radius 1 is 0.905 bits per heavy atom. The highest BCUT2D eigenvalue weighted by Crippen LogP contribution is 2.42. The van der Waals surface area contributed by atoms with E-state index < -0.39 is 0 Å². The number of rotatable bonds is 9. The highest BCUT2D eigenvalue weighted by molar-refractivity contribution is 8.04. The van der Waals surface area contributed by atoms with Crippen molar-refractivity contribution in [3.8, 4) is 11.5 Å². The fraction of sp³-hybridized carbons (Fsp3) is 0.200. The van der Waals surface area contributed by atoms with Gasteiger partial charge in [0.05, 0.1) is 31.4 Å². The SMILES string of the molecule is COc1ccc(OC)c(CCNC(=O)c2ccc(C=C3Sc4ccccc4N(Cc4cc(C)ccc4C)C3=O)cc2)c1. The van der Waals surface area contributed by atoms with Gasteiger partial charge in [-0.1, -0.05) is 59.8 Å². The highest BCUT2D eigenvalue weighted by Gasteiger charge is 2.29. The van der Waals surface area contributed by atoms with Crippen molar-refractivity contribution in [1.82, 2.24) is 5.32 Å². The number of anilines is 1. The summed E-state index contributed by atoms with van der Waals surface area (Å²) in [6.45, 7) is 5.10. The molecule has 6 nitrogen and oxygen atoms in total. The molecule has 0 saturated carbocycles. The van der Waals surface area contributed by atoms with E-state index in [4.69, 9.17) is 9.47 Å². The molecule has 7 heteroatoms. The van der Waals surface area contributed by atoms with Crippen LogP contribution in [-0.2, 0) is 17.8 Å². The molecule has 0 radical (unpaired) electrons. The Bertz CT molecular complexity index is 1650. The summed E-state index contributed by atoms with van der Waals surface area (Å²) >= 11 is 1.48. The molecule has 0 spiro atoms. The topological polar surface area (TPSA) is 67.9 Å². The zero-order chi connectivity index (χ0) is 29.6. The fourth-order valence-electron chi connectivity index (χ4n) is 4.93. The van der Waals surface area contributed by atoms with Gasteiger partial charge in [0.2, 0.25) is 0 Å². The molecule has 0 atom stereocenters. The molecule has 0 aromatic heterocycles. The molecule has 42 heavy (non-hydrogen) atoms. The molecular weight excluding hydrogens is 544 g/mol. The maximum absolute atomic E-state index is 13.7. The zero-order valence-corrected chi connectivity index (χ0v) is 25.1. The van der Waals surface area contributed by atoms with E-state index in [1.165, 1.54) is 17.3 Å². The van der Waals surface area contributed by atoms with Crippen LogP contribution < -0.4 is 19.7 Å². The first-order chi connectivity index (χ1) is 20.4. The lowest BCUT2D eigenvalue weighted by molar-refractivity contribution is -0.114. The normalized spacial score (nSPS) is 13.6. The molecule has 0 fully saturated rings. The number of carbonyl (C=O) groups is 2. The quantitative estimate of drug-likeness (QED) is 0.217. The number of benzene rings is 4. The molecule has 0 unspecified atom stereocenters. The number of nitrogens with zero attached hydrogens (tertiary/aromatic N) is 1. The minimum atomic E-state index is -0.159. The van der Waals surface area contributed by atoms with E-state index in [1.807, 2.05) is 65.6 Å². The molecule has 1 aliphatic heterocycles. The molecule has 0 aliphatic carbocycles. The van der Waals surface area contributed by atoms with Gasteiger partial charge in [0.1, 0.15) is 11.5 Å². The average molecular weight is 579 g/mol. The Morgan fingerprint density at radius 3 is 2.45 bits per heavy atom. The van der Waals surface area contributed by atoms with Crippen molar-refractivity contribution in [2.45, 2.75) is 31.7 Å². The van der Waals surface area contributed by atoms with Crippen molar-refractivity contribution >= 4 is 35.3 Å². The predicted octanol–water partition coefficient (Wildman–Crippen LogP) is 6.97. The number of para-hydroxylation sites is 1. The lowest BCUT2D eigenvalue weighted by Crippen LogP contribution is -2.34. The number of nitrogens with one attached hydrogen (secondary N) is 1. The van der Waals surface area contributed by atoms with Gasteiger partial charge in [0, 0.05) is 17.0 Å². The van der Waals surface area contributed by atoms with Crippen molar-refractivity contribution in [2.75, 3.05) is 25.7 Å². The van der Waals surface area contributed by atoms with Crippen molar-refractivity contribution in [1.29, 1.82) is 0 Å². The summed E-state index contributed by atoms with van der Waals surface area (Å²) in [5.41, 5.74) is 6.75. The molecule has 1 heterocycles. The maximum Gasteiger partial charge on any atom is 0.265 e. The average Bonchev–Trinajstić information content (AvgIpc) is 3.01. The highest BCUT2D eigenvalue weighted by atomic mass is 32.2. The maximum atomic E-state index is 13.7. The van der Waals surface area contributed by atoms with Gasteiger partial charge in [-0.05, 0) is 91.1 Å². The lowest BCUT2D eigenvalue weighted by atomic mass is 10.0. The first kappa shape index (κ1) is 29.0. The van der Waals surface area contributed by atoms with Crippen molar-refractivity contribution in [3.63, 3.8) is 0 Å². The summed E-state index contributed by atoms with van der Waals surface area (Å²) in [5, 5.41) is 2.98. The van der Waals surface area contributed by atoms with Gasteiger partial charge in [-0.25, -0.2) is 0 Å². The lowest BCUT2D eigenvalue weighted by Gasteiger charge is -2.31. The standard InChI is InChI=1S/C35H34N2O4S/c1-23-9-10-24(2)28(19-23)22-37-30-7-5-6-8-32(30)42-33(35(37)39)20-25-11-13-26(14-12-25)34(38)36-18-17-27-21-29(40-3)15-16-31(27)41-4/h5-16,19-21H,17-18,22H2,1-4H3,(H,36,38). The number of hydrogen-bond acceptors (Lipinski definition) is 5. The monoisotopic (exact) mass is 578 g/mol. The summed E-state index contributed by atoms with van der Waals surface area (Å²) in [6.07, 6.45) is 2.51. The summed E-state index contributed by atoms with van der Waals surface area (Å²) in [4.78, 5) is 30.1. The molecule has 5 rings (SSSR count). The van der Waals surface area contributed by atoms with E-state index in [0.717, 1.165) is 44.3 Å². The van der Waals surface area contributed by atoms with E-state index in [0.29, 0.717) is 30.0 Å². The minimum Gasteiger partial charge on any atom is -0.497 e. The van der Waals surface area contributed by atoms with Crippen LogP contribution in [0.25, 0.3) is 6.08 Å². The van der Waals surface area contributed by atoms with Gasteiger partial charge < -0.3 is 19.7 Å². The summed E-state index contributed by atoms with van der Waals surface area (Å²) in [5.74, 6) is 1.31. The van der Waals surface area contributed by atoms with Crippen molar-refractivity contribution in [3.05, 3.63) is 123 Å². The van der Waals surface area contributed by atoms with Crippen LogP contribution in [0.5, 0.6) is 11.5 Å². The van der Waals surface area contributed by atoms with Gasteiger partial charge >= 0.3 is 0 Å². The van der Waals surface area contributed by atoms with E-state index in [9.17, 15) is 9.59 Å². The van der Waals surface area contributed by atoms with Crippen LogP contribution in [0.15, 0.2) is 94.7 Å². The molecular formula is C35H34N2O4S. The Balaban J connectivity index is 1.29. The second kappa shape index (κ2) is 13.0.